The predicted octanol–water partition coefficient (Wildman–Crippen LogP) is 4.00. The minimum Gasteiger partial charge on any atom is -0.491 e. The molecule has 3 aromatic rings. The van der Waals surface area contributed by atoms with Gasteiger partial charge in [0.2, 0.25) is 0 Å². The van der Waals surface area contributed by atoms with E-state index in [1.165, 1.54) is 5.56 Å². The zero-order chi connectivity index (χ0) is 21.2. The first kappa shape index (κ1) is 21.4. The van der Waals surface area contributed by atoms with Crippen LogP contribution in [0.25, 0.3) is 0 Å². The molecule has 0 spiro atoms. The summed E-state index contributed by atoms with van der Waals surface area (Å²) in [4.78, 5) is 12.4. The van der Waals surface area contributed by atoms with Gasteiger partial charge in [-0.15, -0.1) is 0 Å². The van der Waals surface area contributed by atoms with Gasteiger partial charge in [0, 0.05) is 12.1 Å². The fourth-order valence-electron chi connectivity index (χ4n) is 2.86. The molecule has 0 radical (unpaired) electrons. The van der Waals surface area contributed by atoms with E-state index >= 15 is 0 Å². The van der Waals surface area contributed by atoms with Crippen LogP contribution in [0.5, 0.6) is 11.5 Å². The largest absolute Gasteiger partial charge is 0.491 e. The number of amides is 1. The number of benzene rings is 3. The Kier molecular flexibility index (Phi) is 7.86. The number of carbonyl (C=O) groups is 1. The maximum absolute atomic E-state index is 12.4. The van der Waals surface area contributed by atoms with Gasteiger partial charge in [-0.1, -0.05) is 55.5 Å². The van der Waals surface area contributed by atoms with E-state index in [1.807, 2.05) is 54.6 Å². The lowest BCUT2D eigenvalue weighted by Crippen LogP contribution is -2.25. The van der Waals surface area contributed by atoms with Crippen molar-refractivity contribution in [3.63, 3.8) is 0 Å². The standard InChI is InChI=1S/C25H27NO4/c1-2-19-11-13-23(14-12-19)29-17-22(27)18-30-24-10-6-9-21(15-24)25(28)26-16-20-7-4-3-5-8-20/h3-15,22,27H,2,16-18H2,1H3,(H,26,28)/t22-/m0/s1. The maximum atomic E-state index is 12.4. The Hall–Kier alpha value is -3.31. The van der Waals surface area contributed by atoms with Gasteiger partial charge in [0.25, 0.3) is 5.91 Å². The molecular weight excluding hydrogens is 378 g/mol. The molecule has 0 saturated carbocycles. The Bertz CT molecular complexity index is 925. The Morgan fingerprint density at radius 2 is 1.57 bits per heavy atom. The smallest absolute Gasteiger partial charge is 0.251 e. The summed E-state index contributed by atoms with van der Waals surface area (Å²) in [5.74, 6) is 1.06. The summed E-state index contributed by atoms with van der Waals surface area (Å²) in [6, 6.07) is 24.4. The third kappa shape index (κ3) is 6.64. The van der Waals surface area contributed by atoms with Crippen LogP contribution in [-0.4, -0.2) is 30.3 Å². The van der Waals surface area contributed by atoms with Crippen molar-refractivity contribution in [3.05, 3.63) is 95.6 Å². The Balaban J connectivity index is 1.45. The third-order valence-corrected chi connectivity index (χ3v) is 4.61. The van der Waals surface area contributed by atoms with Gasteiger partial charge in [0.05, 0.1) is 0 Å². The number of carbonyl (C=O) groups excluding carboxylic acids is 1. The summed E-state index contributed by atoms with van der Waals surface area (Å²) < 4.78 is 11.2. The highest BCUT2D eigenvalue weighted by Crippen LogP contribution is 2.15. The Morgan fingerprint density at radius 3 is 2.27 bits per heavy atom. The zero-order valence-electron chi connectivity index (χ0n) is 17.1. The molecule has 156 valence electrons. The molecule has 1 amide bonds. The van der Waals surface area contributed by atoms with Crippen LogP contribution in [0, 0.1) is 0 Å². The van der Waals surface area contributed by atoms with Crippen LogP contribution in [0.1, 0.15) is 28.4 Å². The van der Waals surface area contributed by atoms with Gasteiger partial charge in [-0.05, 0) is 47.9 Å². The molecule has 5 nitrogen and oxygen atoms in total. The van der Waals surface area contributed by atoms with Crippen molar-refractivity contribution in [2.75, 3.05) is 13.2 Å². The first-order chi connectivity index (χ1) is 14.6. The summed E-state index contributed by atoms with van der Waals surface area (Å²) in [7, 11) is 0. The lowest BCUT2D eigenvalue weighted by molar-refractivity contribution is 0.0626. The van der Waals surface area contributed by atoms with E-state index in [1.54, 1.807) is 24.3 Å². The minimum atomic E-state index is -0.786. The lowest BCUT2D eigenvalue weighted by Gasteiger charge is -2.14. The number of aliphatic hydroxyl groups excluding tert-OH is 1. The molecule has 0 aliphatic heterocycles. The maximum Gasteiger partial charge on any atom is 0.251 e. The van der Waals surface area contributed by atoms with Gasteiger partial charge in [-0.3, -0.25) is 4.79 Å². The lowest BCUT2D eigenvalue weighted by atomic mass is 10.2. The van der Waals surface area contributed by atoms with E-state index in [4.69, 9.17) is 9.47 Å². The van der Waals surface area contributed by atoms with E-state index in [9.17, 15) is 9.90 Å². The Morgan fingerprint density at radius 1 is 0.867 bits per heavy atom. The zero-order valence-corrected chi connectivity index (χ0v) is 17.1. The van der Waals surface area contributed by atoms with Crippen molar-refractivity contribution >= 4 is 5.91 Å². The molecular formula is C25H27NO4. The van der Waals surface area contributed by atoms with Crippen LogP contribution in [0.2, 0.25) is 0 Å². The minimum absolute atomic E-state index is 0.0716. The SMILES string of the molecule is CCc1ccc(OC[C@H](O)COc2cccc(C(=O)NCc3ccccc3)c2)cc1. The van der Waals surface area contributed by atoms with Crippen molar-refractivity contribution in [1.29, 1.82) is 0 Å². The highest BCUT2D eigenvalue weighted by atomic mass is 16.5. The summed E-state index contributed by atoms with van der Waals surface area (Å²) >= 11 is 0. The molecule has 3 rings (SSSR count). The summed E-state index contributed by atoms with van der Waals surface area (Å²) in [5.41, 5.74) is 2.77. The molecule has 5 heteroatoms. The highest BCUT2D eigenvalue weighted by molar-refractivity contribution is 5.94. The van der Waals surface area contributed by atoms with Crippen LogP contribution in [-0.2, 0) is 13.0 Å². The van der Waals surface area contributed by atoms with Crippen molar-refractivity contribution in [2.24, 2.45) is 0 Å². The van der Waals surface area contributed by atoms with Crippen LogP contribution in [0.3, 0.4) is 0 Å². The van der Waals surface area contributed by atoms with Gasteiger partial charge in [-0.25, -0.2) is 0 Å². The van der Waals surface area contributed by atoms with Gasteiger partial charge in [-0.2, -0.15) is 0 Å². The van der Waals surface area contributed by atoms with Crippen molar-refractivity contribution in [3.8, 4) is 11.5 Å². The molecule has 0 aliphatic rings. The number of nitrogens with one attached hydrogen (secondary N) is 1. The highest BCUT2D eigenvalue weighted by Gasteiger charge is 2.10. The quantitative estimate of drug-likeness (QED) is 0.535. The van der Waals surface area contributed by atoms with Crippen LogP contribution in [0.15, 0.2) is 78.9 Å². The number of aryl methyl sites for hydroxylation is 1. The van der Waals surface area contributed by atoms with Gasteiger partial charge in [0.15, 0.2) is 0 Å². The first-order valence-corrected chi connectivity index (χ1v) is 10.1. The van der Waals surface area contributed by atoms with E-state index in [-0.39, 0.29) is 19.1 Å². The summed E-state index contributed by atoms with van der Waals surface area (Å²) in [6.45, 7) is 2.75. The van der Waals surface area contributed by atoms with Gasteiger partial charge in [0.1, 0.15) is 30.8 Å². The van der Waals surface area contributed by atoms with E-state index in [2.05, 4.69) is 12.2 Å². The summed E-state index contributed by atoms with van der Waals surface area (Å²) in [5, 5.41) is 13.0. The monoisotopic (exact) mass is 405 g/mol. The third-order valence-electron chi connectivity index (χ3n) is 4.61. The molecule has 30 heavy (non-hydrogen) atoms. The van der Waals surface area contributed by atoms with Gasteiger partial charge >= 0.3 is 0 Å². The summed E-state index contributed by atoms with van der Waals surface area (Å²) in [6.07, 6.45) is 0.187. The molecule has 3 aromatic carbocycles. The van der Waals surface area contributed by atoms with E-state index in [0.717, 1.165) is 12.0 Å². The number of aliphatic hydroxyl groups is 1. The molecule has 0 saturated heterocycles. The number of hydrogen-bond donors (Lipinski definition) is 2. The topological polar surface area (TPSA) is 67.8 Å². The molecule has 0 heterocycles. The van der Waals surface area contributed by atoms with E-state index in [0.29, 0.717) is 23.6 Å². The van der Waals surface area contributed by atoms with Crippen LogP contribution >= 0.6 is 0 Å². The first-order valence-electron chi connectivity index (χ1n) is 10.1. The predicted molar refractivity (Wildman–Crippen MR) is 117 cm³/mol. The average Bonchev–Trinajstić information content (AvgIpc) is 2.81. The molecule has 0 fully saturated rings. The number of hydrogen-bond acceptors (Lipinski definition) is 4. The normalized spacial score (nSPS) is 11.5. The fourth-order valence-corrected chi connectivity index (χ4v) is 2.86. The fraction of sp³-hybridized carbons (Fsp3) is 0.240. The Labute approximate surface area is 177 Å². The van der Waals surface area contributed by atoms with Crippen LogP contribution < -0.4 is 14.8 Å². The molecule has 0 bridgehead atoms. The second-order valence-corrected chi connectivity index (χ2v) is 6.97. The molecule has 0 aliphatic carbocycles. The molecule has 0 aromatic heterocycles. The molecule has 1 atom stereocenters. The number of ether oxygens (including phenoxy) is 2. The number of rotatable bonds is 10. The second-order valence-electron chi connectivity index (χ2n) is 6.97. The second kappa shape index (κ2) is 11.0. The van der Waals surface area contributed by atoms with Gasteiger partial charge < -0.3 is 19.9 Å². The van der Waals surface area contributed by atoms with Crippen molar-refractivity contribution in [2.45, 2.75) is 26.0 Å². The van der Waals surface area contributed by atoms with Crippen LogP contribution in [0.4, 0.5) is 0 Å². The molecule has 2 N–H and O–H groups in total. The van der Waals surface area contributed by atoms with Crippen molar-refractivity contribution < 1.29 is 19.4 Å². The van der Waals surface area contributed by atoms with E-state index < -0.39 is 6.10 Å². The average molecular weight is 405 g/mol. The van der Waals surface area contributed by atoms with Crippen molar-refractivity contribution in [1.82, 2.24) is 5.32 Å². The molecule has 0 unspecified atom stereocenters.